The van der Waals surface area contributed by atoms with Gasteiger partial charge in [-0.15, -0.1) is 0 Å². The highest BCUT2D eigenvalue weighted by Crippen LogP contribution is 2.43. The zero-order valence-corrected chi connectivity index (χ0v) is 12.0. The van der Waals surface area contributed by atoms with Crippen molar-refractivity contribution in [3.05, 3.63) is 0 Å². The van der Waals surface area contributed by atoms with Gasteiger partial charge in [-0.3, -0.25) is 0 Å². The van der Waals surface area contributed by atoms with Crippen molar-refractivity contribution >= 4 is 0 Å². The molecule has 0 aliphatic heterocycles. The lowest BCUT2D eigenvalue weighted by Gasteiger charge is -2.44. The maximum absolute atomic E-state index is 3.70. The number of hydrogen-bond acceptors (Lipinski definition) is 1. The van der Waals surface area contributed by atoms with E-state index in [0.29, 0.717) is 5.41 Å². The molecule has 1 aliphatic carbocycles. The van der Waals surface area contributed by atoms with Crippen LogP contribution in [-0.4, -0.2) is 12.6 Å². The average molecular weight is 225 g/mol. The summed E-state index contributed by atoms with van der Waals surface area (Å²) < 4.78 is 0. The maximum Gasteiger partial charge on any atom is 0.00954 e. The molecule has 0 amide bonds. The first-order chi connectivity index (χ1) is 7.50. The van der Waals surface area contributed by atoms with E-state index in [4.69, 9.17) is 0 Å². The summed E-state index contributed by atoms with van der Waals surface area (Å²) in [5.41, 5.74) is 0.480. The number of rotatable bonds is 4. The minimum Gasteiger partial charge on any atom is -0.314 e. The van der Waals surface area contributed by atoms with Crippen LogP contribution in [0.1, 0.15) is 66.7 Å². The molecule has 0 aromatic rings. The highest BCUT2D eigenvalue weighted by atomic mass is 14.9. The fourth-order valence-electron chi connectivity index (χ4n) is 3.58. The third-order valence-electron chi connectivity index (χ3n) is 4.35. The molecule has 0 saturated heterocycles. The fraction of sp³-hybridized carbons (Fsp3) is 1.00. The molecule has 1 rings (SSSR count). The second kappa shape index (κ2) is 6.05. The molecule has 0 spiro atoms. The van der Waals surface area contributed by atoms with Gasteiger partial charge in [0.1, 0.15) is 0 Å². The summed E-state index contributed by atoms with van der Waals surface area (Å²) in [5.74, 6) is 1.81. The van der Waals surface area contributed by atoms with Gasteiger partial charge in [0.25, 0.3) is 0 Å². The summed E-state index contributed by atoms with van der Waals surface area (Å²) in [6, 6.07) is 0.745. The normalized spacial score (nSPS) is 29.1. The first-order valence-corrected chi connectivity index (χ1v) is 7.24. The Labute approximate surface area is 102 Å². The van der Waals surface area contributed by atoms with Crippen molar-refractivity contribution in [3.8, 4) is 0 Å². The van der Waals surface area contributed by atoms with Crippen molar-refractivity contribution in [2.45, 2.75) is 72.8 Å². The first-order valence-electron chi connectivity index (χ1n) is 7.24. The molecule has 0 radical (unpaired) electrons. The largest absolute Gasteiger partial charge is 0.314 e. The summed E-state index contributed by atoms with van der Waals surface area (Å²) in [5, 5.41) is 3.70. The van der Waals surface area contributed by atoms with E-state index in [1.807, 2.05) is 0 Å². The second-order valence-corrected chi connectivity index (χ2v) is 6.49. The molecule has 3 atom stereocenters. The molecule has 16 heavy (non-hydrogen) atoms. The molecule has 1 heteroatoms. The van der Waals surface area contributed by atoms with E-state index >= 15 is 0 Å². The average Bonchev–Trinajstić information content (AvgIpc) is 2.25. The zero-order valence-electron chi connectivity index (χ0n) is 12.0. The van der Waals surface area contributed by atoms with Crippen LogP contribution in [0.15, 0.2) is 0 Å². The van der Waals surface area contributed by atoms with Crippen molar-refractivity contribution < 1.29 is 0 Å². The molecule has 96 valence electrons. The third kappa shape index (κ3) is 3.48. The Morgan fingerprint density at radius 2 is 1.75 bits per heavy atom. The van der Waals surface area contributed by atoms with E-state index in [-0.39, 0.29) is 0 Å². The molecule has 1 fully saturated rings. The molecule has 0 aromatic carbocycles. The minimum atomic E-state index is 0.480. The van der Waals surface area contributed by atoms with Crippen molar-refractivity contribution in [2.75, 3.05) is 6.54 Å². The lowest BCUT2D eigenvalue weighted by atomic mass is 9.64. The Hall–Kier alpha value is -0.0400. The van der Waals surface area contributed by atoms with Gasteiger partial charge >= 0.3 is 0 Å². The maximum atomic E-state index is 3.70. The lowest BCUT2D eigenvalue weighted by Crippen LogP contribution is -2.44. The molecule has 0 bridgehead atoms. The van der Waals surface area contributed by atoms with Gasteiger partial charge in [0.05, 0.1) is 0 Å². The third-order valence-corrected chi connectivity index (χ3v) is 4.35. The molecule has 1 nitrogen and oxygen atoms in total. The van der Waals surface area contributed by atoms with E-state index in [1.165, 1.54) is 32.1 Å². The Bertz CT molecular complexity index is 192. The molecular weight excluding hydrogens is 194 g/mol. The molecule has 1 aliphatic rings. The van der Waals surface area contributed by atoms with Crippen LogP contribution in [0.25, 0.3) is 0 Å². The molecule has 0 aromatic heterocycles. The Morgan fingerprint density at radius 3 is 2.25 bits per heavy atom. The second-order valence-electron chi connectivity index (χ2n) is 6.49. The van der Waals surface area contributed by atoms with E-state index in [1.54, 1.807) is 0 Å². The zero-order chi connectivity index (χ0) is 12.2. The first kappa shape index (κ1) is 14.0. The standard InChI is InChI=1S/C15H31N/c1-6-14(16-7-2)12-10-8-9-11-13(12)15(3,4)5/h12-14,16H,6-11H2,1-5H3. The molecule has 1 saturated carbocycles. The van der Waals surface area contributed by atoms with Crippen LogP contribution in [0, 0.1) is 17.3 Å². The van der Waals surface area contributed by atoms with Gasteiger partial charge in [-0.2, -0.15) is 0 Å². The summed E-state index contributed by atoms with van der Waals surface area (Å²) >= 11 is 0. The quantitative estimate of drug-likeness (QED) is 0.755. The van der Waals surface area contributed by atoms with Crippen LogP contribution in [0.5, 0.6) is 0 Å². The van der Waals surface area contributed by atoms with Gasteiger partial charge in [-0.25, -0.2) is 0 Å². The molecular formula is C15H31N. The van der Waals surface area contributed by atoms with Crippen LogP contribution in [0.3, 0.4) is 0 Å². The van der Waals surface area contributed by atoms with Gasteiger partial charge in [-0.1, -0.05) is 47.5 Å². The SMILES string of the molecule is CCNC(CC)C1CCCCC1C(C)(C)C. The van der Waals surface area contributed by atoms with Crippen molar-refractivity contribution in [1.82, 2.24) is 5.32 Å². The number of nitrogens with one attached hydrogen (secondary N) is 1. The van der Waals surface area contributed by atoms with Crippen LogP contribution < -0.4 is 5.32 Å². The molecule has 1 N–H and O–H groups in total. The minimum absolute atomic E-state index is 0.480. The van der Waals surface area contributed by atoms with Crippen LogP contribution in [0.2, 0.25) is 0 Å². The van der Waals surface area contributed by atoms with Crippen molar-refractivity contribution in [3.63, 3.8) is 0 Å². The van der Waals surface area contributed by atoms with Crippen LogP contribution in [0.4, 0.5) is 0 Å². The van der Waals surface area contributed by atoms with E-state index < -0.39 is 0 Å². The van der Waals surface area contributed by atoms with E-state index in [0.717, 1.165) is 24.4 Å². The Kier molecular flexibility index (Phi) is 5.30. The number of hydrogen-bond donors (Lipinski definition) is 1. The topological polar surface area (TPSA) is 12.0 Å². The van der Waals surface area contributed by atoms with Gasteiger partial charge in [0.15, 0.2) is 0 Å². The fourth-order valence-corrected chi connectivity index (χ4v) is 3.58. The van der Waals surface area contributed by atoms with Crippen molar-refractivity contribution in [1.29, 1.82) is 0 Å². The van der Waals surface area contributed by atoms with Gasteiger partial charge in [0.2, 0.25) is 0 Å². The molecule has 0 heterocycles. The highest BCUT2D eigenvalue weighted by Gasteiger charge is 2.37. The summed E-state index contributed by atoms with van der Waals surface area (Å²) in [6.07, 6.45) is 7.05. The molecule has 3 unspecified atom stereocenters. The smallest absolute Gasteiger partial charge is 0.00954 e. The van der Waals surface area contributed by atoms with Crippen LogP contribution >= 0.6 is 0 Å². The van der Waals surface area contributed by atoms with Gasteiger partial charge in [-0.05, 0) is 43.1 Å². The summed E-state index contributed by atoms with van der Waals surface area (Å²) in [4.78, 5) is 0. The van der Waals surface area contributed by atoms with Gasteiger partial charge < -0.3 is 5.32 Å². The van der Waals surface area contributed by atoms with Crippen LogP contribution in [-0.2, 0) is 0 Å². The van der Waals surface area contributed by atoms with E-state index in [2.05, 4.69) is 39.9 Å². The van der Waals surface area contributed by atoms with Crippen molar-refractivity contribution in [2.24, 2.45) is 17.3 Å². The monoisotopic (exact) mass is 225 g/mol. The predicted molar refractivity (Wildman–Crippen MR) is 72.7 cm³/mol. The van der Waals surface area contributed by atoms with E-state index in [9.17, 15) is 0 Å². The Morgan fingerprint density at radius 1 is 1.12 bits per heavy atom. The summed E-state index contributed by atoms with van der Waals surface area (Å²) in [6.45, 7) is 13.0. The highest BCUT2D eigenvalue weighted by molar-refractivity contribution is 4.89. The lowest BCUT2D eigenvalue weighted by molar-refractivity contribution is 0.0785. The summed E-state index contributed by atoms with van der Waals surface area (Å²) in [7, 11) is 0. The Balaban J connectivity index is 2.72. The van der Waals surface area contributed by atoms with Gasteiger partial charge in [0, 0.05) is 6.04 Å². The predicted octanol–water partition coefficient (Wildman–Crippen LogP) is 4.23.